The molecule has 120 valence electrons. The molecular weight excluding hydrogens is 280 g/mol. The molecule has 1 aromatic rings. The van der Waals surface area contributed by atoms with E-state index in [-0.39, 0.29) is 17.9 Å². The first-order valence-corrected chi connectivity index (χ1v) is 7.75. The lowest BCUT2D eigenvalue weighted by Crippen LogP contribution is -2.42. The molecule has 0 radical (unpaired) electrons. The molecule has 1 atom stereocenters. The van der Waals surface area contributed by atoms with E-state index in [4.69, 9.17) is 4.74 Å². The summed E-state index contributed by atoms with van der Waals surface area (Å²) in [6.07, 6.45) is 1.79. The van der Waals surface area contributed by atoms with Gasteiger partial charge < -0.3 is 15.4 Å². The van der Waals surface area contributed by atoms with Crippen molar-refractivity contribution in [3.05, 3.63) is 29.3 Å². The summed E-state index contributed by atoms with van der Waals surface area (Å²) >= 11 is 0. The summed E-state index contributed by atoms with van der Waals surface area (Å²) in [5.41, 5.74) is 2.34. The zero-order valence-corrected chi connectivity index (χ0v) is 13.4. The van der Waals surface area contributed by atoms with Gasteiger partial charge in [-0.2, -0.15) is 0 Å². The molecule has 0 aromatic heterocycles. The first kappa shape index (κ1) is 16.3. The Kier molecular flexibility index (Phi) is 5.41. The predicted molar refractivity (Wildman–Crippen MR) is 85.0 cm³/mol. The molecule has 0 spiro atoms. The maximum absolute atomic E-state index is 11.9. The van der Waals surface area contributed by atoms with Crippen LogP contribution in [0.3, 0.4) is 0 Å². The Hall–Kier alpha value is -2.04. The van der Waals surface area contributed by atoms with Crippen LogP contribution in [0.15, 0.2) is 18.2 Å². The third kappa shape index (κ3) is 4.00. The highest BCUT2D eigenvalue weighted by Crippen LogP contribution is 2.27. The van der Waals surface area contributed by atoms with Crippen molar-refractivity contribution < 1.29 is 14.3 Å². The highest BCUT2D eigenvalue weighted by molar-refractivity contribution is 5.90. The van der Waals surface area contributed by atoms with Gasteiger partial charge in [0.05, 0.1) is 7.11 Å². The molecule has 2 rings (SSSR count). The first-order chi connectivity index (χ1) is 10.5. The van der Waals surface area contributed by atoms with Crippen LogP contribution < -0.4 is 15.4 Å². The molecule has 0 bridgehead atoms. The quantitative estimate of drug-likeness (QED) is 0.841. The van der Waals surface area contributed by atoms with E-state index in [1.807, 2.05) is 12.1 Å². The van der Waals surface area contributed by atoms with Gasteiger partial charge in [-0.1, -0.05) is 26.0 Å². The minimum Gasteiger partial charge on any atom is -0.496 e. The van der Waals surface area contributed by atoms with Gasteiger partial charge in [0.25, 0.3) is 0 Å². The molecule has 22 heavy (non-hydrogen) atoms. The average molecular weight is 304 g/mol. The number of nitrogens with one attached hydrogen (secondary N) is 2. The number of rotatable bonds is 6. The molecule has 1 fully saturated rings. The number of methoxy groups -OCH3 is 1. The van der Waals surface area contributed by atoms with E-state index in [9.17, 15) is 9.59 Å². The predicted octanol–water partition coefficient (Wildman–Crippen LogP) is 1.76. The summed E-state index contributed by atoms with van der Waals surface area (Å²) in [6, 6.07) is 5.76. The number of amides is 2. The molecule has 5 nitrogen and oxygen atoms in total. The van der Waals surface area contributed by atoms with E-state index >= 15 is 0 Å². The van der Waals surface area contributed by atoms with Crippen molar-refractivity contribution >= 4 is 11.8 Å². The van der Waals surface area contributed by atoms with Gasteiger partial charge in [0.1, 0.15) is 11.8 Å². The normalized spacial score (nSPS) is 17.5. The molecule has 2 N–H and O–H groups in total. The van der Waals surface area contributed by atoms with Crippen LogP contribution >= 0.6 is 0 Å². The molecule has 1 saturated heterocycles. The minimum absolute atomic E-state index is 0.0446. The van der Waals surface area contributed by atoms with Crippen molar-refractivity contribution in [1.82, 2.24) is 10.6 Å². The smallest absolute Gasteiger partial charge is 0.242 e. The molecule has 1 aliphatic heterocycles. The van der Waals surface area contributed by atoms with Crippen molar-refractivity contribution in [3.8, 4) is 5.75 Å². The van der Waals surface area contributed by atoms with Crippen LogP contribution in [-0.2, 0) is 16.0 Å². The maximum atomic E-state index is 11.9. The van der Waals surface area contributed by atoms with Gasteiger partial charge in [0, 0.05) is 13.0 Å². The maximum Gasteiger partial charge on any atom is 0.242 e. The van der Waals surface area contributed by atoms with Crippen LogP contribution in [-0.4, -0.2) is 31.5 Å². The first-order valence-electron chi connectivity index (χ1n) is 7.75. The molecule has 2 amide bonds. The third-order valence-electron chi connectivity index (χ3n) is 3.94. The number of carbonyl (C=O) groups is 2. The van der Waals surface area contributed by atoms with Crippen LogP contribution in [0.25, 0.3) is 0 Å². The zero-order valence-electron chi connectivity index (χ0n) is 13.4. The summed E-state index contributed by atoms with van der Waals surface area (Å²) in [7, 11) is 1.68. The molecule has 5 heteroatoms. The fraction of sp³-hybridized carbons (Fsp3) is 0.529. The molecule has 1 aliphatic rings. The van der Waals surface area contributed by atoms with Crippen LogP contribution in [0, 0.1) is 0 Å². The van der Waals surface area contributed by atoms with Crippen LogP contribution in [0.5, 0.6) is 5.75 Å². The van der Waals surface area contributed by atoms with Crippen molar-refractivity contribution in [2.24, 2.45) is 0 Å². The topological polar surface area (TPSA) is 67.4 Å². The molecule has 0 aliphatic carbocycles. The van der Waals surface area contributed by atoms with Crippen molar-refractivity contribution in [3.63, 3.8) is 0 Å². The van der Waals surface area contributed by atoms with Gasteiger partial charge in [-0.15, -0.1) is 0 Å². The van der Waals surface area contributed by atoms with E-state index in [2.05, 4.69) is 30.5 Å². The van der Waals surface area contributed by atoms with Gasteiger partial charge in [0.15, 0.2) is 0 Å². The minimum atomic E-state index is -0.366. The third-order valence-corrected chi connectivity index (χ3v) is 3.94. The van der Waals surface area contributed by atoms with Crippen molar-refractivity contribution in [2.75, 3.05) is 13.7 Å². The van der Waals surface area contributed by atoms with E-state index < -0.39 is 0 Å². The monoisotopic (exact) mass is 304 g/mol. The largest absolute Gasteiger partial charge is 0.496 e. The summed E-state index contributed by atoms with van der Waals surface area (Å²) < 4.78 is 5.37. The lowest BCUT2D eigenvalue weighted by Gasteiger charge is -2.14. The Labute approximate surface area is 131 Å². The zero-order chi connectivity index (χ0) is 16.1. The summed E-state index contributed by atoms with van der Waals surface area (Å²) in [5.74, 6) is 1.15. The van der Waals surface area contributed by atoms with Gasteiger partial charge in [0.2, 0.25) is 11.8 Å². The number of benzene rings is 1. The molecule has 0 saturated carbocycles. The molecule has 1 heterocycles. The second kappa shape index (κ2) is 7.29. The van der Waals surface area contributed by atoms with Crippen LogP contribution in [0.4, 0.5) is 0 Å². The van der Waals surface area contributed by atoms with Crippen LogP contribution in [0.1, 0.15) is 43.7 Å². The standard InChI is InChI=1S/C17H24N2O3/c1-11(2)13-10-12(4-6-15(13)22-3)8-9-18-17(21)14-5-7-16(20)19-14/h4,6,10-11,14H,5,7-9H2,1-3H3,(H,18,21)(H,19,20). The lowest BCUT2D eigenvalue weighted by atomic mass is 9.98. The lowest BCUT2D eigenvalue weighted by molar-refractivity contribution is -0.125. The Morgan fingerprint density at radius 3 is 2.82 bits per heavy atom. The summed E-state index contributed by atoms with van der Waals surface area (Å²) in [4.78, 5) is 23.0. The van der Waals surface area contributed by atoms with Crippen molar-refractivity contribution in [1.29, 1.82) is 0 Å². The number of hydrogen-bond acceptors (Lipinski definition) is 3. The summed E-state index contributed by atoms with van der Waals surface area (Å²) in [6.45, 7) is 4.83. The fourth-order valence-corrected chi connectivity index (χ4v) is 2.65. The van der Waals surface area contributed by atoms with Crippen molar-refractivity contribution in [2.45, 2.75) is 45.1 Å². The Bertz CT molecular complexity index is 555. The highest BCUT2D eigenvalue weighted by atomic mass is 16.5. The highest BCUT2D eigenvalue weighted by Gasteiger charge is 2.26. The molecular formula is C17H24N2O3. The van der Waals surface area contributed by atoms with Gasteiger partial charge in [-0.25, -0.2) is 0 Å². The van der Waals surface area contributed by atoms with Gasteiger partial charge in [-0.3, -0.25) is 9.59 Å². The van der Waals surface area contributed by atoms with E-state index in [0.29, 0.717) is 25.3 Å². The fourth-order valence-electron chi connectivity index (χ4n) is 2.65. The second-order valence-electron chi connectivity index (χ2n) is 5.93. The Morgan fingerprint density at radius 1 is 1.45 bits per heavy atom. The molecule has 1 aromatic carbocycles. The average Bonchev–Trinajstić information content (AvgIpc) is 2.93. The van der Waals surface area contributed by atoms with E-state index in [0.717, 1.165) is 12.2 Å². The van der Waals surface area contributed by atoms with Gasteiger partial charge >= 0.3 is 0 Å². The Balaban J connectivity index is 1.88. The number of ether oxygens (including phenoxy) is 1. The molecule has 1 unspecified atom stereocenters. The SMILES string of the molecule is COc1ccc(CCNC(=O)C2CCC(=O)N2)cc1C(C)C. The number of hydrogen-bond donors (Lipinski definition) is 2. The summed E-state index contributed by atoms with van der Waals surface area (Å²) in [5, 5.41) is 5.56. The van der Waals surface area contributed by atoms with Gasteiger partial charge in [-0.05, 0) is 36.0 Å². The number of carbonyl (C=O) groups excluding carboxylic acids is 2. The second-order valence-corrected chi connectivity index (χ2v) is 5.93. The van der Waals surface area contributed by atoms with Crippen LogP contribution in [0.2, 0.25) is 0 Å². The van der Waals surface area contributed by atoms with E-state index in [1.165, 1.54) is 11.1 Å². The van der Waals surface area contributed by atoms with E-state index in [1.54, 1.807) is 7.11 Å². The Morgan fingerprint density at radius 2 is 2.23 bits per heavy atom.